The van der Waals surface area contributed by atoms with Gasteiger partial charge < -0.3 is 10.3 Å². The molecule has 0 aliphatic heterocycles. The van der Waals surface area contributed by atoms with Crippen LogP contribution in [-0.4, -0.2) is 14.5 Å². The topological polar surface area (TPSA) is 104 Å². The Morgan fingerprint density at radius 1 is 1.26 bits per heavy atom. The molecule has 0 bridgehead atoms. The number of nitrogen functional groups attached to an aromatic ring is 1. The van der Waals surface area contributed by atoms with Crippen molar-refractivity contribution in [3.8, 4) is 11.3 Å². The van der Waals surface area contributed by atoms with E-state index < -0.39 is 4.92 Å². The van der Waals surface area contributed by atoms with Gasteiger partial charge in [-0.3, -0.25) is 14.9 Å². The third kappa shape index (κ3) is 2.57. The number of hydrogen-bond donors (Lipinski definition) is 1. The lowest BCUT2D eigenvalue weighted by molar-refractivity contribution is -0.384. The highest BCUT2D eigenvalue weighted by molar-refractivity contribution is 9.10. The zero-order valence-corrected chi connectivity index (χ0v) is 13.6. The molecule has 0 saturated heterocycles. The van der Waals surface area contributed by atoms with Crippen LogP contribution >= 0.6 is 15.9 Å². The van der Waals surface area contributed by atoms with Crippen LogP contribution in [0.2, 0.25) is 0 Å². The van der Waals surface area contributed by atoms with Crippen LogP contribution < -0.4 is 11.3 Å². The van der Waals surface area contributed by atoms with Gasteiger partial charge in [0.05, 0.1) is 16.0 Å². The minimum absolute atomic E-state index is 0.0863. The molecule has 8 heteroatoms. The van der Waals surface area contributed by atoms with Crippen LogP contribution in [0.5, 0.6) is 0 Å². The van der Waals surface area contributed by atoms with Crippen molar-refractivity contribution in [2.24, 2.45) is 7.05 Å². The quantitative estimate of drug-likeness (QED) is 0.421. The van der Waals surface area contributed by atoms with Crippen molar-refractivity contribution < 1.29 is 4.92 Å². The van der Waals surface area contributed by atoms with E-state index in [9.17, 15) is 14.9 Å². The summed E-state index contributed by atoms with van der Waals surface area (Å²) in [6, 6.07) is 9.31. The van der Waals surface area contributed by atoms with Crippen LogP contribution in [0.3, 0.4) is 0 Å². The van der Waals surface area contributed by atoms with Gasteiger partial charge in [0.1, 0.15) is 5.69 Å². The maximum absolute atomic E-state index is 12.6. The van der Waals surface area contributed by atoms with Gasteiger partial charge in [0, 0.05) is 34.9 Å². The molecule has 0 atom stereocenters. The first kappa shape index (κ1) is 15.2. The Hall–Kier alpha value is -2.74. The number of nitrogens with two attached hydrogens (primary N) is 1. The fourth-order valence-electron chi connectivity index (χ4n) is 2.34. The average molecular weight is 375 g/mol. The van der Waals surface area contributed by atoms with Gasteiger partial charge in [0.25, 0.3) is 11.2 Å². The molecule has 0 spiro atoms. The predicted octanol–water partition coefficient (Wildman–Crippen LogP) is 2.85. The average Bonchev–Trinajstić information content (AvgIpc) is 2.52. The first-order chi connectivity index (χ1) is 10.9. The summed E-state index contributed by atoms with van der Waals surface area (Å²) in [5.74, 6) is 0. The summed E-state index contributed by atoms with van der Waals surface area (Å²) in [5.41, 5.74) is 7.44. The van der Waals surface area contributed by atoms with Crippen molar-refractivity contribution in [1.29, 1.82) is 0 Å². The third-order valence-corrected chi connectivity index (χ3v) is 4.03. The van der Waals surface area contributed by atoms with Crippen molar-refractivity contribution in [2.75, 3.05) is 5.73 Å². The molecular weight excluding hydrogens is 364 g/mol. The van der Waals surface area contributed by atoms with Crippen LogP contribution in [0.15, 0.2) is 45.7 Å². The van der Waals surface area contributed by atoms with Crippen LogP contribution in [0.1, 0.15) is 0 Å². The number of anilines is 1. The molecule has 1 aromatic heterocycles. The largest absolute Gasteiger partial charge is 0.398 e. The van der Waals surface area contributed by atoms with E-state index in [1.807, 2.05) is 0 Å². The van der Waals surface area contributed by atoms with E-state index in [0.717, 1.165) is 4.47 Å². The number of halogens is 1. The Balaban J connectivity index is 2.37. The smallest absolute Gasteiger partial charge is 0.277 e. The normalized spacial score (nSPS) is 10.9. The Kier molecular flexibility index (Phi) is 3.61. The summed E-state index contributed by atoms with van der Waals surface area (Å²) < 4.78 is 2.16. The number of aryl methyl sites for hydroxylation is 1. The molecule has 1 heterocycles. The molecule has 23 heavy (non-hydrogen) atoms. The van der Waals surface area contributed by atoms with Gasteiger partial charge in [0.15, 0.2) is 0 Å². The van der Waals surface area contributed by atoms with E-state index >= 15 is 0 Å². The minimum atomic E-state index is -0.501. The first-order valence-corrected chi connectivity index (χ1v) is 7.38. The summed E-state index contributed by atoms with van der Waals surface area (Å²) >= 11 is 3.34. The molecule has 0 unspecified atom stereocenters. The van der Waals surface area contributed by atoms with Crippen molar-refractivity contribution in [3.05, 3.63) is 61.3 Å². The van der Waals surface area contributed by atoms with Gasteiger partial charge in [-0.15, -0.1) is 0 Å². The van der Waals surface area contributed by atoms with Gasteiger partial charge >= 0.3 is 0 Å². The lowest BCUT2D eigenvalue weighted by Crippen LogP contribution is -2.21. The van der Waals surface area contributed by atoms with Crippen LogP contribution in [0.25, 0.3) is 22.3 Å². The minimum Gasteiger partial charge on any atom is -0.398 e. The molecule has 0 saturated carbocycles. The number of nitro groups is 1. The molecule has 3 rings (SSSR count). The molecule has 3 aromatic rings. The van der Waals surface area contributed by atoms with E-state index in [2.05, 4.69) is 20.9 Å². The highest BCUT2D eigenvalue weighted by atomic mass is 79.9. The van der Waals surface area contributed by atoms with Gasteiger partial charge in [-0.05, 0) is 24.3 Å². The molecule has 0 amide bonds. The maximum Gasteiger partial charge on any atom is 0.277 e. The summed E-state index contributed by atoms with van der Waals surface area (Å²) in [6.07, 6.45) is 0. The van der Waals surface area contributed by atoms with Crippen LogP contribution in [0, 0.1) is 10.1 Å². The standard InChI is InChI=1S/C15H11BrN4O3/c1-19-13-5-3-9(20(22)23)7-12(13)18-14(15(19)21)10-6-8(16)2-4-11(10)17/h2-7H,17H2,1H3. The van der Waals surface area contributed by atoms with Gasteiger partial charge in [-0.1, -0.05) is 15.9 Å². The Labute approximate surface area is 138 Å². The number of non-ortho nitro benzene ring substituents is 1. The number of nitrogens with zero attached hydrogens (tertiary/aromatic N) is 3. The lowest BCUT2D eigenvalue weighted by Gasteiger charge is -2.10. The zero-order valence-electron chi connectivity index (χ0n) is 12.0. The fourth-order valence-corrected chi connectivity index (χ4v) is 2.71. The molecule has 0 aliphatic rings. The Bertz CT molecular complexity index is 1010. The summed E-state index contributed by atoms with van der Waals surface area (Å²) in [4.78, 5) is 27.3. The van der Waals surface area contributed by atoms with E-state index in [0.29, 0.717) is 22.3 Å². The predicted molar refractivity (Wildman–Crippen MR) is 91.2 cm³/mol. The van der Waals surface area contributed by atoms with Gasteiger partial charge in [-0.2, -0.15) is 0 Å². The van der Waals surface area contributed by atoms with Gasteiger partial charge in [0.2, 0.25) is 0 Å². The van der Waals surface area contributed by atoms with E-state index in [-0.39, 0.29) is 16.9 Å². The van der Waals surface area contributed by atoms with Crippen molar-refractivity contribution in [3.63, 3.8) is 0 Å². The number of hydrogen-bond acceptors (Lipinski definition) is 5. The second-order valence-corrected chi connectivity index (χ2v) is 5.90. The lowest BCUT2D eigenvalue weighted by atomic mass is 10.1. The Morgan fingerprint density at radius 3 is 2.70 bits per heavy atom. The summed E-state index contributed by atoms with van der Waals surface area (Å²) in [6.45, 7) is 0. The van der Waals surface area contributed by atoms with E-state index in [1.54, 1.807) is 25.2 Å². The number of fused-ring (bicyclic) bond motifs is 1. The number of aromatic nitrogens is 2. The number of rotatable bonds is 2. The molecule has 0 fully saturated rings. The van der Waals surface area contributed by atoms with Crippen molar-refractivity contribution >= 4 is 38.3 Å². The zero-order chi connectivity index (χ0) is 16.7. The Morgan fingerprint density at radius 2 is 2.00 bits per heavy atom. The van der Waals surface area contributed by atoms with Crippen molar-refractivity contribution in [1.82, 2.24) is 9.55 Å². The SMILES string of the molecule is Cn1c(=O)c(-c2cc(Br)ccc2N)nc2cc([N+](=O)[O-])ccc21. The van der Waals surface area contributed by atoms with Gasteiger partial charge in [-0.25, -0.2) is 4.98 Å². The maximum atomic E-state index is 12.6. The molecular formula is C15H11BrN4O3. The van der Waals surface area contributed by atoms with Crippen LogP contribution in [0.4, 0.5) is 11.4 Å². The third-order valence-electron chi connectivity index (χ3n) is 3.54. The summed E-state index contributed by atoms with van der Waals surface area (Å²) in [5, 5.41) is 10.9. The second kappa shape index (κ2) is 5.47. The van der Waals surface area contributed by atoms with Crippen LogP contribution in [-0.2, 0) is 7.05 Å². The molecule has 2 N–H and O–H groups in total. The molecule has 116 valence electrons. The highest BCUT2D eigenvalue weighted by Crippen LogP contribution is 2.27. The van der Waals surface area contributed by atoms with Crippen molar-refractivity contribution in [2.45, 2.75) is 0 Å². The highest BCUT2D eigenvalue weighted by Gasteiger charge is 2.15. The van der Waals surface area contributed by atoms with E-state index in [4.69, 9.17) is 5.73 Å². The summed E-state index contributed by atoms with van der Waals surface area (Å²) in [7, 11) is 1.59. The van der Waals surface area contributed by atoms with E-state index in [1.165, 1.54) is 22.8 Å². The monoisotopic (exact) mass is 374 g/mol. The first-order valence-electron chi connectivity index (χ1n) is 6.59. The molecule has 7 nitrogen and oxygen atoms in total. The number of nitro benzene ring substituents is 1. The fraction of sp³-hybridized carbons (Fsp3) is 0.0667. The molecule has 0 radical (unpaired) electrons. The molecule has 2 aromatic carbocycles. The second-order valence-electron chi connectivity index (χ2n) is 4.99. The number of benzene rings is 2. The molecule has 0 aliphatic carbocycles.